The van der Waals surface area contributed by atoms with E-state index in [1.54, 1.807) is 11.6 Å². The van der Waals surface area contributed by atoms with Gasteiger partial charge in [0.2, 0.25) is 0 Å². The topological polar surface area (TPSA) is 34.9 Å². The second-order valence-corrected chi connectivity index (χ2v) is 6.72. The van der Waals surface area contributed by atoms with E-state index >= 15 is 0 Å². The molecule has 0 bridgehead atoms. The van der Waals surface area contributed by atoms with Crippen molar-refractivity contribution in [1.29, 1.82) is 0 Å². The molecule has 0 aliphatic heterocycles. The number of hydrogen-bond donors (Lipinski definition) is 0. The highest BCUT2D eigenvalue weighted by Gasteiger charge is 2.15. The molecule has 0 saturated carbocycles. The van der Waals surface area contributed by atoms with Crippen LogP contribution >= 0.6 is 34.7 Å². The lowest BCUT2D eigenvalue weighted by Crippen LogP contribution is -2.19. The van der Waals surface area contributed by atoms with Gasteiger partial charge in [-0.15, -0.1) is 11.3 Å². The average molecular weight is 349 g/mol. The van der Waals surface area contributed by atoms with Gasteiger partial charge in [0.05, 0.1) is 5.39 Å². The fraction of sp³-hybridized carbons (Fsp3) is 0.125. The summed E-state index contributed by atoms with van der Waals surface area (Å²) in [6.07, 6.45) is 1.83. The third-order valence-corrected chi connectivity index (χ3v) is 5.29. The van der Waals surface area contributed by atoms with Crippen LogP contribution in [0.1, 0.15) is 0 Å². The van der Waals surface area contributed by atoms with E-state index in [1.165, 1.54) is 28.6 Å². The Morgan fingerprint density at radius 1 is 1.36 bits per heavy atom. The molecule has 0 amide bonds. The third kappa shape index (κ3) is 2.84. The Bertz CT molecular complexity index is 884. The van der Waals surface area contributed by atoms with Gasteiger partial charge in [-0.05, 0) is 5.56 Å². The van der Waals surface area contributed by atoms with Gasteiger partial charge < -0.3 is 0 Å². The van der Waals surface area contributed by atoms with Gasteiger partial charge in [-0.3, -0.25) is 9.36 Å². The number of thioether (sulfide) groups is 1. The van der Waals surface area contributed by atoms with E-state index in [9.17, 15) is 4.79 Å². The van der Waals surface area contributed by atoms with Crippen molar-refractivity contribution in [1.82, 2.24) is 9.55 Å². The molecule has 0 aliphatic rings. The fourth-order valence-corrected chi connectivity index (χ4v) is 4.14. The number of halogens is 1. The second-order valence-electron chi connectivity index (χ2n) is 4.63. The lowest BCUT2D eigenvalue weighted by atomic mass is 10.1. The summed E-state index contributed by atoms with van der Waals surface area (Å²) in [6.45, 7) is 0. The first kappa shape index (κ1) is 15.3. The highest BCUT2D eigenvalue weighted by molar-refractivity contribution is 7.99. The van der Waals surface area contributed by atoms with E-state index in [0.29, 0.717) is 16.3 Å². The lowest BCUT2D eigenvalue weighted by molar-refractivity contribution is 0.729. The van der Waals surface area contributed by atoms with Crippen LogP contribution in [-0.4, -0.2) is 15.3 Å². The summed E-state index contributed by atoms with van der Waals surface area (Å²) < 4.78 is 1.61. The highest BCUT2D eigenvalue weighted by Crippen LogP contribution is 2.31. The normalized spacial score (nSPS) is 11.5. The molecule has 0 spiro atoms. The smallest absolute Gasteiger partial charge is 0.263 e. The second kappa shape index (κ2) is 6.69. The summed E-state index contributed by atoms with van der Waals surface area (Å²) in [6, 6.07) is 9.93. The van der Waals surface area contributed by atoms with Crippen LogP contribution in [0.25, 0.3) is 21.3 Å². The fourth-order valence-electron chi connectivity index (χ4n) is 2.17. The van der Waals surface area contributed by atoms with E-state index in [1.807, 2.05) is 41.8 Å². The summed E-state index contributed by atoms with van der Waals surface area (Å²) in [5.41, 5.74) is 3.45. The van der Waals surface area contributed by atoms with Gasteiger partial charge in [-0.25, -0.2) is 4.98 Å². The summed E-state index contributed by atoms with van der Waals surface area (Å²) in [4.78, 5) is 18.1. The van der Waals surface area contributed by atoms with Crippen molar-refractivity contribution < 1.29 is 0 Å². The Labute approximate surface area is 141 Å². The maximum atomic E-state index is 12.7. The van der Waals surface area contributed by atoms with Crippen LogP contribution in [-0.2, 0) is 7.05 Å². The zero-order chi connectivity index (χ0) is 15.5. The van der Waals surface area contributed by atoms with Gasteiger partial charge in [0.15, 0.2) is 5.16 Å². The van der Waals surface area contributed by atoms with Crippen molar-refractivity contribution >= 4 is 44.9 Å². The Morgan fingerprint density at radius 3 is 2.86 bits per heavy atom. The molecule has 0 saturated heterocycles. The molecule has 0 N–H and O–H groups in total. The Morgan fingerprint density at radius 2 is 2.14 bits per heavy atom. The zero-order valence-corrected chi connectivity index (χ0v) is 14.2. The summed E-state index contributed by atoms with van der Waals surface area (Å²) in [7, 11) is 1.76. The van der Waals surface area contributed by atoms with Crippen molar-refractivity contribution in [2.45, 2.75) is 5.16 Å². The minimum atomic E-state index is -0.0116. The third-order valence-electron chi connectivity index (χ3n) is 3.26. The molecule has 2 heterocycles. The summed E-state index contributed by atoms with van der Waals surface area (Å²) in [5.74, 6) is 0.687. The molecular formula is C16H13ClN2OS2. The number of fused-ring (bicyclic) bond motifs is 1. The Hall–Kier alpha value is -1.56. The first-order valence-electron chi connectivity index (χ1n) is 6.64. The van der Waals surface area contributed by atoms with Crippen LogP contribution in [0, 0.1) is 0 Å². The molecule has 3 aromatic rings. The molecule has 6 heteroatoms. The molecule has 3 nitrogen and oxygen atoms in total. The predicted molar refractivity (Wildman–Crippen MR) is 96.0 cm³/mol. The Kier molecular flexibility index (Phi) is 4.66. The molecule has 112 valence electrons. The molecule has 0 fully saturated rings. The van der Waals surface area contributed by atoms with Crippen molar-refractivity contribution in [3.63, 3.8) is 0 Å². The largest absolute Gasteiger partial charge is 0.290 e. The van der Waals surface area contributed by atoms with E-state index in [-0.39, 0.29) is 5.56 Å². The molecule has 3 rings (SSSR count). The molecule has 0 unspecified atom stereocenters. The van der Waals surface area contributed by atoms with Crippen LogP contribution in [0.5, 0.6) is 0 Å². The van der Waals surface area contributed by atoms with E-state index in [0.717, 1.165) is 16.0 Å². The first-order valence-corrected chi connectivity index (χ1v) is 8.94. The SMILES string of the molecule is Cn1c(SC/C=C/Cl)nc2scc(-c3ccccc3)c2c1=O. The molecular weight excluding hydrogens is 336 g/mol. The Balaban J connectivity index is 2.13. The monoisotopic (exact) mass is 348 g/mol. The van der Waals surface area contributed by atoms with Crippen LogP contribution in [0.4, 0.5) is 0 Å². The maximum Gasteiger partial charge on any atom is 0.263 e. The molecule has 2 aromatic heterocycles. The number of hydrogen-bond acceptors (Lipinski definition) is 4. The van der Waals surface area contributed by atoms with Crippen molar-refractivity contribution in [2.24, 2.45) is 7.05 Å². The average Bonchev–Trinajstić information content (AvgIpc) is 2.97. The molecule has 1 aromatic carbocycles. The molecule has 0 radical (unpaired) electrons. The predicted octanol–water partition coefficient (Wildman–Crippen LogP) is 4.51. The summed E-state index contributed by atoms with van der Waals surface area (Å²) in [5, 5.41) is 3.39. The van der Waals surface area contributed by atoms with Gasteiger partial charge in [0.1, 0.15) is 4.83 Å². The van der Waals surface area contributed by atoms with Crippen LogP contribution < -0.4 is 5.56 Å². The zero-order valence-electron chi connectivity index (χ0n) is 11.8. The van der Waals surface area contributed by atoms with E-state index in [4.69, 9.17) is 11.6 Å². The van der Waals surface area contributed by atoms with Crippen molar-refractivity contribution in [2.75, 3.05) is 5.75 Å². The van der Waals surface area contributed by atoms with Gasteiger partial charge in [0, 0.05) is 29.3 Å². The number of nitrogens with zero attached hydrogens (tertiary/aromatic N) is 2. The van der Waals surface area contributed by atoms with Gasteiger partial charge in [-0.1, -0.05) is 59.8 Å². The van der Waals surface area contributed by atoms with Gasteiger partial charge in [0.25, 0.3) is 5.56 Å². The molecule has 22 heavy (non-hydrogen) atoms. The first-order chi connectivity index (χ1) is 10.7. The van der Waals surface area contributed by atoms with Crippen LogP contribution in [0.15, 0.2) is 57.3 Å². The summed E-state index contributed by atoms with van der Waals surface area (Å²) >= 11 is 8.52. The number of benzene rings is 1. The number of rotatable bonds is 4. The standard InChI is InChI=1S/C16H13ClN2OS2/c1-19-15(20)13-12(11-6-3-2-4-7-11)10-22-14(13)18-16(19)21-9-5-8-17/h2-8,10H,9H2,1H3/b8-5+. The number of thiophene rings is 1. The van der Waals surface area contributed by atoms with E-state index in [2.05, 4.69) is 4.98 Å². The van der Waals surface area contributed by atoms with Crippen molar-refractivity contribution in [3.8, 4) is 11.1 Å². The molecule has 0 atom stereocenters. The quantitative estimate of drug-likeness (QED) is 0.514. The minimum absolute atomic E-state index is 0.0116. The van der Waals surface area contributed by atoms with Crippen LogP contribution in [0.3, 0.4) is 0 Å². The molecule has 0 aliphatic carbocycles. The van der Waals surface area contributed by atoms with Gasteiger partial charge in [-0.2, -0.15) is 0 Å². The van der Waals surface area contributed by atoms with Crippen molar-refractivity contribution in [3.05, 3.63) is 57.7 Å². The minimum Gasteiger partial charge on any atom is -0.290 e. The van der Waals surface area contributed by atoms with E-state index < -0.39 is 0 Å². The van der Waals surface area contributed by atoms with Gasteiger partial charge >= 0.3 is 0 Å². The highest BCUT2D eigenvalue weighted by atomic mass is 35.5. The maximum absolute atomic E-state index is 12.7. The lowest BCUT2D eigenvalue weighted by Gasteiger charge is -2.06. The number of aromatic nitrogens is 2. The van der Waals surface area contributed by atoms with Crippen LogP contribution in [0.2, 0.25) is 0 Å².